The first-order valence-corrected chi connectivity index (χ1v) is 7.71. The van der Waals surface area contributed by atoms with Crippen LogP contribution in [0.3, 0.4) is 0 Å². The van der Waals surface area contributed by atoms with Crippen molar-refractivity contribution in [2.75, 3.05) is 13.1 Å². The van der Waals surface area contributed by atoms with Crippen LogP contribution in [0.2, 0.25) is 0 Å². The van der Waals surface area contributed by atoms with Gasteiger partial charge in [-0.25, -0.2) is 0 Å². The number of nitrogens with one attached hydrogen (secondary N) is 1. The molecule has 0 bridgehead atoms. The third-order valence-electron chi connectivity index (χ3n) is 3.06. The largest absolute Gasteiger partial charge is 0.313 e. The first-order chi connectivity index (χ1) is 8.45. The number of piperidine rings is 1. The van der Waals surface area contributed by atoms with E-state index >= 15 is 0 Å². The van der Waals surface area contributed by atoms with Crippen LogP contribution < -0.4 is 5.32 Å². The van der Waals surface area contributed by atoms with E-state index in [1.165, 1.54) is 28.2 Å². The Kier molecular flexibility index (Phi) is 3.41. The normalized spacial score (nSPS) is 16.1. The Morgan fingerprint density at radius 1 is 1.06 bits per heavy atom. The molecule has 3 heteroatoms. The summed E-state index contributed by atoms with van der Waals surface area (Å²) in [5.41, 5.74) is 3.04. The lowest BCUT2D eigenvalue weighted by molar-refractivity contribution is 0.611. The van der Waals surface area contributed by atoms with Crippen molar-refractivity contribution < 1.29 is 0 Å². The van der Waals surface area contributed by atoms with Crippen molar-refractivity contribution in [2.24, 2.45) is 0 Å². The summed E-state index contributed by atoms with van der Waals surface area (Å²) in [6, 6.07) is 8.76. The molecular weight excluding hydrogens is 246 g/mol. The second-order valence-corrected chi connectivity index (χ2v) is 6.11. The molecule has 2 aromatic rings. The SMILES string of the molecule is c1csc(C(=C2CCCNC2)c2cccs2)c1. The van der Waals surface area contributed by atoms with Crippen LogP contribution in [0.15, 0.2) is 40.6 Å². The molecule has 0 saturated carbocycles. The maximum atomic E-state index is 3.49. The summed E-state index contributed by atoms with van der Waals surface area (Å²) in [7, 11) is 0. The van der Waals surface area contributed by atoms with Gasteiger partial charge in [0.2, 0.25) is 0 Å². The zero-order valence-electron chi connectivity index (χ0n) is 9.61. The van der Waals surface area contributed by atoms with Crippen LogP contribution in [0.5, 0.6) is 0 Å². The molecule has 0 aliphatic carbocycles. The van der Waals surface area contributed by atoms with Gasteiger partial charge in [0, 0.05) is 21.9 Å². The second kappa shape index (κ2) is 5.17. The standard InChI is InChI=1S/C14H15NS2/c1-4-11(10-15-7-1)14(12-5-2-8-16-12)13-6-3-9-17-13/h2-3,5-6,8-9,15H,1,4,7,10H2. The molecule has 2 aromatic heterocycles. The average molecular weight is 261 g/mol. The van der Waals surface area contributed by atoms with E-state index in [1.54, 1.807) is 5.57 Å². The van der Waals surface area contributed by atoms with Crippen molar-refractivity contribution in [2.45, 2.75) is 12.8 Å². The van der Waals surface area contributed by atoms with Crippen molar-refractivity contribution in [3.8, 4) is 0 Å². The van der Waals surface area contributed by atoms with E-state index < -0.39 is 0 Å². The fourth-order valence-electron chi connectivity index (χ4n) is 2.28. The predicted octanol–water partition coefficient (Wildman–Crippen LogP) is 3.99. The van der Waals surface area contributed by atoms with Crippen LogP contribution in [0.1, 0.15) is 22.6 Å². The number of hydrogen-bond donors (Lipinski definition) is 1. The monoisotopic (exact) mass is 261 g/mol. The van der Waals surface area contributed by atoms with Gasteiger partial charge in [-0.05, 0) is 47.9 Å². The topological polar surface area (TPSA) is 12.0 Å². The molecule has 0 aromatic carbocycles. The first kappa shape index (κ1) is 11.2. The van der Waals surface area contributed by atoms with Gasteiger partial charge in [-0.15, -0.1) is 22.7 Å². The van der Waals surface area contributed by atoms with Crippen molar-refractivity contribution in [1.82, 2.24) is 5.32 Å². The van der Waals surface area contributed by atoms with Gasteiger partial charge in [-0.3, -0.25) is 0 Å². The Hall–Kier alpha value is -0.900. The summed E-state index contributed by atoms with van der Waals surface area (Å²) in [6.45, 7) is 2.21. The van der Waals surface area contributed by atoms with Gasteiger partial charge in [0.15, 0.2) is 0 Å². The van der Waals surface area contributed by atoms with E-state index in [0.717, 1.165) is 13.1 Å². The highest BCUT2D eigenvalue weighted by Crippen LogP contribution is 2.34. The third-order valence-corrected chi connectivity index (χ3v) is 4.83. The fourth-order valence-corrected chi connectivity index (χ4v) is 4.01. The molecule has 1 nitrogen and oxygen atoms in total. The lowest BCUT2D eigenvalue weighted by atomic mass is 9.98. The quantitative estimate of drug-likeness (QED) is 0.861. The van der Waals surface area contributed by atoms with E-state index in [0.29, 0.717) is 0 Å². The Morgan fingerprint density at radius 3 is 2.24 bits per heavy atom. The van der Waals surface area contributed by atoms with Crippen molar-refractivity contribution in [3.63, 3.8) is 0 Å². The zero-order chi connectivity index (χ0) is 11.5. The Labute approximate surface area is 110 Å². The molecule has 1 aliphatic rings. The zero-order valence-corrected chi connectivity index (χ0v) is 11.2. The highest BCUT2D eigenvalue weighted by atomic mass is 32.1. The molecule has 88 valence electrons. The van der Waals surface area contributed by atoms with E-state index in [2.05, 4.69) is 40.3 Å². The molecule has 1 aliphatic heterocycles. The Balaban J connectivity index is 2.08. The average Bonchev–Trinajstić information content (AvgIpc) is 3.04. The minimum absolute atomic E-state index is 1.05. The molecule has 3 rings (SSSR count). The van der Waals surface area contributed by atoms with Gasteiger partial charge in [0.05, 0.1) is 0 Å². The Bertz CT molecular complexity index is 450. The van der Waals surface area contributed by atoms with Gasteiger partial charge in [0.1, 0.15) is 0 Å². The number of rotatable bonds is 2. The van der Waals surface area contributed by atoms with E-state index in [4.69, 9.17) is 0 Å². The summed E-state index contributed by atoms with van der Waals surface area (Å²) >= 11 is 3.69. The molecule has 17 heavy (non-hydrogen) atoms. The molecular formula is C14H15NS2. The Morgan fingerprint density at radius 2 is 1.76 bits per heavy atom. The van der Waals surface area contributed by atoms with Gasteiger partial charge in [0.25, 0.3) is 0 Å². The number of hydrogen-bond acceptors (Lipinski definition) is 3. The second-order valence-electron chi connectivity index (χ2n) is 4.21. The summed E-state index contributed by atoms with van der Waals surface area (Å²) in [4.78, 5) is 2.82. The van der Waals surface area contributed by atoms with Gasteiger partial charge >= 0.3 is 0 Å². The lowest BCUT2D eigenvalue weighted by Gasteiger charge is -2.19. The van der Waals surface area contributed by atoms with E-state index in [9.17, 15) is 0 Å². The van der Waals surface area contributed by atoms with Crippen molar-refractivity contribution >= 4 is 28.2 Å². The molecule has 0 amide bonds. The molecule has 1 saturated heterocycles. The van der Waals surface area contributed by atoms with Crippen molar-refractivity contribution in [3.05, 3.63) is 50.4 Å². The maximum absolute atomic E-state index is 3.49. The van der Waals surface area contributed by atoms with Gasteiger partial charge in [-0.2, -0.15) is 0 Å². The van der Waals surface area contributed by atoms with Crippen LogP contribution in [0, 0.1) is 0 Å². The molecule has 0 unspecified atom stereocenters. The molecule has 1 fully saturated rings. The third kappa shape index (κ3) is 2.37. The summed E-state index contributed by atoms with van der Waals surface area (Å²) in [5, 5.41) is 7.82. The van der Waals surface area contributed by atoms with Crippen LogP contribution in [0.25, 0.3) is 5.57 Å². The van der Waals surface area contributed by atoms with E-state index in [-0.39, 0.29) is 0 Å². The van der Waals surface area contributed by atoms with Crippen LogP contribution in [0.4, 0.5) is 0 Å². The number of thiophene rings is 2. The molecule has 3 heterocycles. The molecule has 1 N–H and O–H groups in total. The highest BCUT2D eigenvalue weighted by Gasteiger charge is 2.15. The van der Waals surface area contributed by atoms with Gasteiger partial charge < -0.3 is 5.32 Å². The van der Waals surface area contributed by atoms with Crippen LogP contribution in [-0.2, 0) is 0 Å². The van der Waals surface area contributed by atoms with Crippen LogP contribution >= 0.6 is 22.7 Å². The summed E-state index contributed by atoms with van der Waals surface area (Å²) < 4.78 is 0. The fraction of sp³-hybridized carbons (Fsp3) is 0.286. The minimum atomic E-state index is 1.05. The molecule has 0 spiro atoms. The summed E-state index contributed by atoms with van der Waals surface area (Å²) in [6.07, 6.45) is 2.49. The van der Waals surface area contributed by atoms with Crippen LogP contribution in [-0.4, -0.2) is 13.1 Å². The smallest absolute Gasteiger partial charge is 0.0356 e. The maximum Gasteiger partial charge on any atom is 0.0356 e. The molecule has 0 radical (unpaired) electrons. The lowest BCUT2D eigenvalue weighted by Crippen LogP contribution is -2.24. The first-order valence-electron chi connectivity index (χ1n) is 5.95. The van der Waals surface area contributed by atoms with Gasteiger partial charge in [-0.1, -0.05) is 12.1 Å². The molecule has 0 atom stereocenters. The van der Waals surface area contributed by atoms with Crippen molar-refractivity contribution in [1.29, 1.82) is 0 Å². The summed E-state index contributed by atoms with van der Waals surface area (Å²) in [5.74, 6) is 0. The minimum Gasteiger partial charge on any atom is -0.313 e. The predicted molar refractivity (Wildman–Crippen MR) is 76.8 cm³/mol. The van der Waals surface area contributed by atoms with E-state index in [1.807, 2.05) is 22.7 Å². The highest BCUT2D eigenvalue weighted by molar-refractivity contribution is 7.13.